The first-order valence-electron chi connectivity index (χ1n) is 12.9. The van der Waals surface area contributed by atoms with Gasteiger partial charge in [-0.05, 0) is 48.2 Å². The molecule has 0 spiro atoms. The van der Waals surface area contributed by atoms with Crippen LogP contribution in [0.4, 0.5) is 23.2 Å². The van der Waals surface area contributed by atoms with E-state index in [9.17, 15) is 22.7 Å². The number of aliphatic hydroxyl groups is 1. The van der Waals surface area contributed by atoms with Crippen LogP contribution in [0.25, 0.3) is 0 Å². The second kappa shape index (κ2) is 9.76. The Hall–Kier alpha value is -3.22. The standard InChI is InChI=1S/C27H29F4N5O3/c1-34-16-32-33-25(34)39-26(14-38-15-26)18-3-2-4-20(11-18)36-13-22-21(24(36)37)9-17(10-23(22)27(29,30)31)12-35-7-5-19(28)6-8-35/h2-4,9-11,16,19,24,37H,5-8,12-15H2,1H3. The van der Waals surface area contributed by atoms with Crippen molar-refractivity contribution in [3.63, 3.8) is 0 Å². The van der Waals surface area contributed by atoms with E-state index in [1.54, 1.807) is 34.7 Å². The van der Waals surface area contributed by atoms with Gasteiger partial charge in [0, 0.05) is 50.0 Å². The number of ether oxygens (including phenoxy) is 2. The van der Waals surface area contributed by atoms with E-state index in [1.165, 1.54) is 12.4 Å². The molecule has 3 aromatic rings. The highest BCUT2D eigenvalue weighted by Gasteiger charge is 2.45. The Labute approximate surface area is 222 Å². The fraction of sp³-hybridized carbons (Fsp3) is 0.481. The van der Waals surface area contributed by atoms with Gasteiger partial charge in [-0.2, -0.15) is 13.2 Å². The van der Waals surface area contributed by atoms with Gasteiger partial charge in [0.25, 0.3) is 0 Å². The van der Waals surface area contributed by atoms with Crippen molar-refractivity contribution in [2.75, 3.05) is 31.2 Å². The van der Waals surface area contributed by atoms with Gasteiger partial charge < -0.3 is 19.5 Å². The van der Waals surface area contributed by atoms with Crippen molar-refractivity contribution in [3.05, 3.63) is 70.5 Å². The first-order chi connectivity index (χ1) is 18.6. The number of anilines is 1. The van der Waals surface area contributed by atoms with Crippen molar-refractivity contribution in [2.45, 2.75) is 50.1 Å². The highest BCUT2D eigenvalue weighted by molar-refractivity contribution is 5.58. The topological polar surface area (TPSA) is 75.9 Å². The summed E-state index contributed by atoms with van der Waals surface area (Å²) in [5.41, 5.74) is 0.491. The number of hydrogen-bond donors (Lipinski definition) is 1. The fourth-order valence-corrected chi connectivity index (χ4v) is 5.56. The maximum Gasteiger partial charge on any atom is 0.416 e. The van der Waals surface area contributed by atoms with Crippen LogP contribution in [0.3, 0.4) is 0 Å². The molecule has 1 aromatic heterocycles. The Bertz CT molecular complexity index is 1350. The minimum Gasteiger partial charge on any atom is -0.447 e. The van der Waals surface area contributed by atoms with Crippen LogP contribution in [0.15, 0.2) is 42.7 Å². The molecule has 4 heterocycles. The van der Waals surface area contributed by atoms with Gasteiger partial charge in [-0.3, -0.25) is 9.47 Å². The average molecular weight is 548 g/mol. The van der Waals surface area contributed by atoms with Gasteiger partial charge >= 0.3 is 12.2 Å². The van der Waals surface area contributed by atoms with Gasteiger partial charge in [0.15, 0.2) is 11.8 Å². The molecule has 1 N–H and O–H groups in total. The van der Waals surface area contributed by atoms with Crippen LogP contribution in [-0.4, -0.2) is 57.2 Å². The summed E-state index contributed by atoms with van der Waals surface area (Å²) < 4.78 is 69.4. The number of halogens is 4. The number of alkyl halides is 4. The Morgan fingerprint density at radius 3 is 2.56 bits per heavy atom. The number of fused-ring (bicyclic) bond motifs is 1. The van der Waals surface area contributed by atoms with Crippen molar-refractivity contribution in [1.82, 2.24) is 19.7 Å². The summed E-state index contributed by atoms with van der Waals surface area (Å²) in [5, 5.41) is 19.1. The molecular formula is C27H29F4N5O3. The van der Waals surface area contributed by atoms with Crippen LogP contribution in [0, 0.1) is 0 Å². The number of nitrogens with zero attached hydrogens (tertiary/aromatic N) is 5. The van der Waals surface area contributed by atoms with Gasteiger partial charge in [-0.1, -0.05) is 17.2 Å². The van der Waals surface area contributed by atoms with Gasteiger partial charge in [0.05, 0.1) is 18.8 Å². The quantitative estimate of drug-likeness (QED) is 0.466. The molecule has 2 aromatic carbocycles. The lowest BCUT2D eigenvalue weighted by atomic mass is 9.91. The molecule has 39 heavy (non-hydrogen) atoms. The number of benzene rings is 2. The van der Waals surface area contributed by atoms with E-state index in [0.29, 0.717) is 43.2 Å². The summed E-state index contributed by atoms with van der Waals surface area (Å²) >= 11 is 0. The predicted molar refractivity (Wildman–Crippen MR) is 133 cm³/mol. The predicted octanol–water partition coefficient (Wildman–Crippen LogP) is 4.08. The van der Waals surface area contributed by atoms with Crippen LogP contribution in [0.5, 0.6) is 6.01 Å². The lowest BCUT2D eigenvalue weighted by Gasteiger charge is -2.41. The van der Waals surface area contributed by atoms with Crippen molar-refractivity contribution >= 4 is 5.69 Å². The molecule has 0 bridgehead atoms. The molecular weight excluding hydrogens is 518 g/mol. The first-order valence-corrected chi connectivity index (χ1v) is 12.9. The van der Waals surface area contributed by atoms with E-state index in [4.69, 9.17) is 9.47 Å². The third kappa shape index (κ3) is 4.85. The SMILES string of the molecule is Cn1cnnc1OC1(c2cccc(N3Cc4c(cc(CN5CCC(F)CC5)cc4C(F)(F)F)C3O)c2)COC1. The van der Waals surface area contributed by atoms with Crippen molar-refractivity contribution in [1.29, 1.82) is 0 Å². The van der Waals surface area contributed by atoms with Gasteiger partial charge in [0.1, 0.15) is 12.5 Å². The smallest absolute Gasteiger partial charge is 0.416 e. The molecule has 0 radical (unpaired) electrons. The summed E-state index contributed by atoms with van der Waals surface area (Å²) in [6.07, 6.45) is -4.45. The highest BCUT2D eigenvalue weighted by Crippen LogP contribution is 2.44. The van der Waals surface area contributed by atoms with Crippen molar-refractivity contribution in [3.8, 4) is 6.01 Å². The second-order valence-electron chi connectivity index (χ2n) is 10.5. The molecule has 1 unspecified atom stereocenters. The molecule has 6 rings (SSSR count). The fourth-order valence-electron chi connectivity index (χ4n) is 5.56. The number of hydrogen-bond acceptors (Lipinski definition) is 7. The van der Waals surface area contributed by atoms with Gasteiger partial charge in [0.2, 0.25) is 0 Å². The molecule has 2 saturated heterocycles. The molecule has 12 heteroatoms. The summed E-state index contributed by atoms with van der Waals surface area (Å²) in [4.78, 5) is 3.51. The number of aliphatic hydroxyl groups excluding tert-OH is 1. The lowest BCUT2D eigenvalue weighted by molar-refractivity contribution is -0.172. The van der Waals surface area contributed by atoms with Crippen LogP contribution in [0.2, 0.25) is 0 Å². The number of rotatable bonds is 6. The molecule has 208 valence electrons. The summed E-state index contributed by atoms with van der Waals surface area (Å²) in [6.45, 7) is 1.69. The zero-order chi connectivity index (χ0) is 27.4. The third-order valence-corrected chi connectivity index (χ3v) is 7.81. The number of aryl methyl sites for hydroxylation is 1. The zero-order valence-electron chi connectivity index (χ0n) is 21.4. The van der Waals surface area contributed by atoms with Crippen LogP contribution < -0.4 is 9.64 Å². The lowest BCUT2D eigenvalue weighted by Crippen LogP contribution is -2.52. The summed E-state index contributed by atoms with van der Waals surface area (Å²) in [5.74, 6) is 0. The normalized spacial score (nSPS) is 21.6. The molecule has 0 saturated carbocycles. The van der Waals surface area contributed by atoms with Crippen molar-refractivity contribution in [2.24, 2.45) is 7.05 Å². The Balaban J connectivity index is 1.29. The van der Waals surface area contributed by atoms with E-state index in [-0.39, 0.29) is 37.4 Å². The number of piperidine rings is 1. The molecule has 8 nitrogen and oxygen atoms in total. The molecule has 3 aliphatic heterocycles. The van der Waals surface area contributed by atoms with Gasteiger partial charge in [-0.25, -0.2) is 4.39 Å². The van der Waals surface area contributed by atoms with Gasteiger partial charge in [-0.15, -0.1) is 5.10 Å². The summed E-state index contributed by atoms with van der Waals surface area (Å²) in [7, 11) is 1.76. The van der Waals surface area contributed by atoms with E-state index in [1.807, 2.05) is 17.0 Å². The van der Waals surface area contributed by atoms with E-state index in [0.717, 1.165) is 5.56 Å². The van der Waals surface area contributed by atoms with E-state index < -0.39 is 29.7 Å². The molecule has 0 aliphatic carbocycles. The highest BCUT2D eigenvalue weighted by atomic mass is 19.4. The third-order valence-electron chi connectivity index (χ3n) is 7.81. The molecule has 2 fully saturated rings. The summed E-state index contributed by atoms with van der Waals surface area (Å²) in [6, 6.07) is 10.3. The second-order valence-corrected chi connectivity index (χ2v) is 10.5. The van der Waals surface area contributed by atoms with Crippen LogP contribution in [0.1, 0.15) is 46.9 Å². The number of aromatic nitrogens is 3. The van der Waals surface area contributed by atoms with E-state index >= 15 is 0 Å². The molecule has 0 amide bonds. The zero-order valence-corrected chi connectivity index (χ0v) is 21.4. The minimum absolute atomic E-state index is 0.0589. The Kier molecular flexibility index (Phi) is 6.51. The van der Waals surface area contributed by atoms with Crippen molar-refractivity contribution < 1.29 is 32.1 Å². The Morgan fingerprint density at radius 2 is 1.92 bits per heavy atom. The van der Waals surface area contributed by atoms with E-state index in [2.05, 4.69) is 10.2 Å². The largest absolute Gasteiger partial charge is 0.447 e. The Morgan fingerprint density at radius 1 is 1.15 bits per heavy atom. The van der Waals surface area contributed by atoms with Crippen LogP contribution >= 0.6 is 0 Å². The first kappa shape index (κ1) is 26.0. The maximum atomic E-state index is 14.2. The number of likely N-dealkylation sites (tertiary alicyclic amines) is 1. The molecule has 1 atom stereocenters. The minimum atomic E-state index is -4.58. The average Bonchev–Trinajstić information content (AvgIpc) is 3.44. The molecule has 3 aliphatic rings. The monoisotopic (exact) mass is 547 g/mol. The maximum absolute atomic E-state index is 14.2. The van der Waals surface area contributed by atoms with Crippen LogP contribution in [-0.2, 0) is 36.7 Å².